The fraction of sp³-hybridized carbons (Fsp3) is 0.235. The number of amides is 1. The van der Waals surface area contributed by atoms with Crippen molar-refractivity contribution in [3.63, 3.8) is 0 Å². The average Bonchev–Trinajstić information content (AvgIpc) is 3.32. The second kappa shape index (κ2) is 6.19. The van der Waals surface area contributed by atoms with Crippen molar-refractivity contribution in [3.8, 4) is 11.5 Å². The molecule has 1 amide bonds. The van der Waals surface area contributed by atoms with Crippen LogP contribution < -0.4 is 0 Å². The van der Waals surface area contributed by atoms with Gasteiger partial charge in [-0.2, -0.15) is 0 Å². The molecule has 1 aliphatic rings. The Balaban J connectivity index is 1.48. The number of carbonyl (C=O) groups is 1. The standard InChI is InChI=1S/C17H15N5O2/c23-17(13-2-1-6-19-10-13)22-9-5-14(11-22)16-21-20-15(24-16)12-3-7-18-8-4-12/h1-4,6-8,10,14H,5,9,11H2. The van der Waals surface area contributed by atoms with Crippen molar-refractivity contribution in [1.29, 1.82) is 0 Å². The summed E-state index contributed by atoms with van der Waals surface area (Å²) in [7, 11) is 0. The van der Waals surface area contributed by atoms with Crippen molar-refractivity contribution in [2.75, 3.05) is 13.1 Å². The van der Waals surface area contributed by atoms with Crippen LogP contribution in [-0.4, -0.2) is 44.1 Å². The Morgan fingerprint density at radius 2 is 2.00 bits per heavy atom. The van der Waals surface area contributed by atoms with Gasteiger partial charge in [0.15, 0.2) is 0 Å². The SMILES string of the molecule is O=C(c1cccnc1)N1CCC(c2nnc(-c3ccncc3)o2)C1. The third kappa shape index (κ3) is 2.76. The Bertz CT molecular complexity index is 834. The summed E-state index contributed by atoms with van der Waals surface area (Å²) in [6, 6.07) is 7.19. The Morgan fingerprint density at radius 3 is 2.79 bits per heavy atom. The molecule has 0 aliphatic carbocycles. The molecular weight excluding hydrogens is 306 g/mol. The summed E-state index contributed by atoms with van der Waals surface area (Å²) in [6.07, 6.45) is 7.42. The van der Waals surface area contributed by atoms with Gasteiger partial charge in [0, 0.05) is 43.4 Å². The highest BCUT2D eigenvalue weighted by Crippen LogP contribution is 2.29. The van der Waals surface area contributed by atoms with Crippen LogP contribution in [0.15, 0.2) is 53.5 Å². The normalized spacial score (nSPS) is 17.2. The summed E-state index contributed by atoms with van der Waals surface area (Å²) in [6.45, 7) is 1.25. The summed E-state index contributed by atoms with van der Waals surface area (Å²) in [5.74, 6) is 1.10. The van der Waals surface area contributed by atoms with Crippen LogP contribution in [0.25, 0.3) is 11.5 Å². The Labute approximate surface area is 138 Å². The molecule has 0 saturated carbocycles. The molecule has 0 N–H and O–H groups in total. The summed E-state index contributed by atoms with van der Waals surface area (Å²) in [4.78, 5) is 22.2. The largest absolute Gasteiger partial charge is 0.420 e. The molecule has 1 unspecified atom stereocenters. The molecule has 1 fully saturated rings. The Hall–Kier alpha value is -3.09. The van der Waals surface area contributed by atoms with Gasteiger partial charge in [-0.15, -0.1) is 10.2 Å². The molecule has 1 atom stereocenters. The van der Waals surface area contributed by atoms with E-state index in [9.17, 15) is 4.79 Å². The van der Waals surface area contributed by atoms with Crippen LogP contribution in [-0.2, 0) is 0 Å². The summed E-state index contributed by atoms with van der Waals surface area (Å²) in [5.41, 5.74) is 1.44. The molecule has 4 rings (SSSR count). The first kappa shape index (κ1) is 14.5. The molecule has 0 spiro atoms. The van der Waals surface area contributed by atoms with E-state index in [1.54, 1.807) is 41.8 Å². The van der Waals surface area contributed by atoms with E-state index in [1.807, 2.05) is 12.1 Å². The average molecular weight is 321 g/mol. The van der Waals surface area contributed by atoms with Gasteiger partial charge < -0.3 is 9.32 Å². The lowest BCUT2D eigenvalue weighted by molar-refractivity contribution is 0.0789. The molecule has 4 heterocycles. The highest BCUT2D eigenvalue weighted by Gasteiger charge is 2.31. The van der Waals surface area contributed by atoms with Crippen LogP contribution >= 0.6 is 0 Å². The topological polar surface area (TPSA) is 85.0 Å². The van der Waals surface area contributed by atoms with Crippen molar-refractivity contribution in [3.05, 3.63) is 60.5 Å². The summed E-state index contributed by atoms with van der Waals surface area (Å²) < 4.78 is 5.79. The third-order valence-electron chi connectivity index (χ3n) is 4.10. The first-order chi connectivity index (χ1) is 11.8. The minimum absolute atomic E-state index is 0.0144. The summed E-state index contributed by atoms with van der Waals surface area (Å²) >= 11 is 0. The van der Waals surface area contributed by atoms with Gasteiger partial charge in [-0.3, -0.25) is 14.8 Å². The quantitative estimate of drug-likeness (QED) is 0.735. The van der Waals surface area contributed by atoms with Crippen molar-refractivity contribution in [1.82, 2.24) is 25.1 Å². The zero-order valence-corrected chi connectivity index (χ0v) is 12.9. The maximum absolute atomic E-state index is 12.5. The molecule has 1 aliphatic heterocycles. The lowest BCUT2D eigenvalue weighted by Gasteiger charge is -2.15. The van der Waals surface area contributed by atoms with Gasteiger partial charge in [0.1, 0.15) is 0 Å². The smallest absolute Gasteiger partial charge is 0.255 e. The fourth-order valence-corrected chi connectivity index (χ4v) is 2.83. The highest BCUT2D eigenvalue weighted by molar-refractivity contribution is 5.94. The van der Waals surface area contributed by atoms with E-state index in [-0.39, 0.29) is 11.8 Å². The zero-order valence-electron chi connectivity index (χ0n) is 12.9. The second-order valence-electron chi connectivity index (χ2n) is 5.66. The van der Waals surface area contributed by atoms with Gasteiger partial charge in [-0.05, 0) is 30.7 Å². The number of hydrogen-bond acceptors (Lipinski definition) is 6. The maximum atomic E-state index is 12.5. The van der Waals surface area contributed by atoms with Crippen LogP contribution in [0.3, 0.4) is 0 Å². The van der Waals surface area contributed by atoms with Gasteiger partial charge in [0.05, 0.1) is 11.5 Å². The van der Waals surface area contributed by atoms with Gasteiger partial charge in [-0.25, -0.2) is 0 Å². The van der Waals surface area contributed by atoms with Gasteiger partial charge in [0.25, 0.3) is 5.91 Å². The lowest BCUT2D eigenvalue weighted by Crippen LogP contribution is -2.28. The van der Waals surface area contributed by atoms with E-state index < -0.39 is 0 Å². The van der Waals surface area contributed by atoms with E-state index in [2.05, 4.69) is 20.2 Å². The van der Waals surface area contributed by atoms with Gasteiger partial charge >= 0.3 is 0 Å². The first-order valence-corrected chi connectivity index (χ1v) is 7.74. The van der Waals surface area contributed by atoms with Crippen LogP contribution in [0.2, 0.25) is 0 Å². The zero-order chi connectivity index (χ0) is 16.4. The van der Waals surface area contributed by atoms with Crippen molar-refractivity contribution in [2.45, 2.75) is 12.3 Å². The van der Waals surface area contributed by atoms with Crippen LogP contribution in [0.1, 0.15) is 28.6 Å². The number of nitrogens with zero attached hydrogens (tertiary/aromatic N) is 5. The van der Waals surface area contributed by atoms with E-state index >= 15 is 0 Å². The van der Waals surface area contributed by atoms with E-state index in [1.165, 1.54) is 0 Å². The third-order valence-corrected chi connectivity index (χ3v) is 4.10. The van der Waals surface area contributed by atoms with Crippen LogP contribution in [0, 0.1) is 0 Å². The number of pyridine rings is 2. The molecule has 0 radical (unpaired) electrons. The van der Waals surface area contributed by atoms with E-state index in [0.29, 0.717) is 30.4 Å². The summed E-state index contributed by atoms with van der Waals surface area (Å²) in [5, 5.41) is 8.25. The molecular formula is C17H15N5O2. The Morgan fingerprint density at radius 1 is 1.12 bits per heavy atom. The van der Waals surface area contributed by atoms with Gasteiger partial charge in [0.2, 0.25) is 11.8 Å². The van der Waals surface area contributed by atoms with Crippen LogP contribution in [0.4, 0.5) is 0 Å². The van der Waals surface area contributed by atoms with Gasteiger partial charge in [-0.1, -0.05) is 0 Å². The minimum Gasteiger partial charge on any atom is -0.420 e. The van der Waals surface area contributed by atoms with Crippen molar-refractivity contribution < 1.29 is 9.21 Å². The number of aromatic nitrogens is 4. The monoisotopic (exact) mass is 321 g/mol. The first-order valence-electron chi connectivity index (χ1n) is 7.74. The van der Waals surface area contributed by atoms with E-state index in [4.69, 9.17) is 4.42 Å². The second-order valence-corrected chi connectivity index (χ2v) is 5.66. The highest BCUT2D eigenvalue weighted by atomic mass is 16.4. The molecule has 120 valence electrons. The molecule has 1 saturated heterocycles. The lowest BCUT2D eigenvalue weighted by atomic mass is 10.1. The molecule has 24 heavy (non-hydrogen) atoms. The number of rotatable bonds is 3. The molecule has 0 aromatic carbocycles. The Kier molecular flexibility index (Phi) is 3.74. The number of carbonyl (C=O) groups excluding carboxylic acids is 1. The maximum Gasteiger partial charge on any atom is 0.255 e. The number of hydrogen-bond donors (Lipinski definition) is 0. The van der Waals surface area contributed by atoms with Crippen molar-refractivity contribution in [2.24, 2.45) is 0 Å². The van der Waals surface area contributed by atoms with Crippen LogP contribution in [0.5, 0.6) is 0 Å². The van der Waals surface area contributed by atoms with Crippen molar-refractivity contribution >= 4 is 5.91 Å². The molecule has 0 bridgehead atoms. The predicted octanol–water partition coefficient (Wildman–Crippen LogP) is 2.16. The molecule has 3 aromatic heterocycles. The van der Waals surface area contributed by atoms with E-state index in [0.717, 1.165) is 12.0 Å². The number of likely N-dealkylation sites (tertiary alicyclic amines) is 1. The molecule has 7 nitrogen and oxygen atoms in total. The minimum atomic E-state index is -0.0144. The fourth-order valence-electron chi connectivity index (χ4n) is 2.83. The predicted molar refractivity (Wildman–Crippen MR) is 85.0 cm³/mol. The molecule has 7 heteroatoms. The molecule has 3 aromatic rings.